The molecular weight excluding hydrogens is 302 g/mol. The summed E-state index contributed by atoms with van der Waals surface area (Å²) in [5.74, 6) is 0.0281. The second-order valence-corrected chi connectivity index (χ2v) is 6.72. The van der Waals surface area contributed by atoms with Gasteiger partial charge < -0.3 is 10.1 Å². The first-order chi connectivity index (χ1) is 11.8. The molecule has 24 heavy (non-hydrogen) atoms. The van der Waals surface area contributed by atoms with Crippen molar-refractivity contribution in [3.05, 3.63) is 42.1 Å². The molecule has 0 aliphatic carbocycles. The minimum Gasteiger partial charge on any atom is -0.373 e. The van der Waals surface area contributed by atoms with E-state index in [4.69, 9.17) is 4.74 Å². The van der Waals surface area contributed by atoms with E-state index in [1.165, 1.54) is 19.4 Å². The van der Waals surface area contributed by atoms with Crippen molar-refractivity contribution in [2.45, 2.75) is 31.4 Å². The monoisotopic (exact) mass is 325 g/mol. The Kier molecular flexibility index (Phi) is 4.45. The van der Waals surface area contributed by atoms with E-state index < -0.39 is 0 Å². The SMILES string of the molecule is O=C(Cc1cccc2cccnc12)NC[C@@H]1CN2CCC[C@H]2CO1. The highest BCUT2D eigenvalue weighted by Crippen LogP contribution is 2.22. The minimum absolute atomic E-state index is 0.0281. The summed E-state index contributed by atoms with van der Waals surface area (Å²) in [6, 6.07) is 10.5. The molecule has 2 aliphatic rings. The zero-order chi connectivity index (χ0) is 16.4. The van der Waals surface area contributed by atoms with Gasteiger partial charge in [0.25, 0.3) is 0 Å². The van der Waals surface area contributed by atoms with Crippen LogP contribution in [-0.4, -0.2) is 54.2 Å². The van der Waals surface area contributed by atoms with Crippen LogP contribution in [0.3, 0.4) is 0 Å². The molecule has 1 aromatic heterocycles. The largest absolute Gasteiger partial charge is 0.373 e. The molecule has 0 spiro atoms. The van der Waals surface area contributed by atoms with Gasteiger partial charge in [0, 0.05) is 30.7 Å². The zero-order valence-electron chi connectivity index (χ0n) is 13.8. The van der Waals surface area contributed by atoms with Gasteiger partial charge in [-0.05, 0) is 31.0 Å². The van der Waals surface area contributed by atoms with Gasteiger partial charge in [0.15, 0.2) is 0 Å². The maximum atomic E-state index is 12.3. The normalized spacial score (nSPS) is 24.0. The number of carbonyl (C=O) groups excluding carboxylic acids is 1. The number of hydrogen-bond donors (Lipinski definition) is 1. The van der Waals surface area contributed by atoms with E-state index in [1.807, 2.05) is 30.3 Å². The molecule has 0 saturated carbocycles. The van der Waals surface area contributed by atoms with Crippen molar-refractivity contribution in [3.8, 4) is 0 Å². The Balaban J connectivity index is 1.33. The van der Waals surface area contributed by atoms with Crippen LogP contribution in [0.25, 0.3) is 10.9 Å². The highest BCUT2D eigenvalue weighted by Gasteiger charge is 2.32. The lowest BCUT2D eigenvalue weighted by atomic mass is 10.1. The van der Waals surface area contributed by atoms with E-state index in [1.54, 1.807) is 6.20 Å². The summed E-state index contributed by atoms with van der Waals surface area (Å²) in [4.78, 5) is 19.2. The van der Waals surface area contributed by atoms with Crippen molar-refractivity contribution in [1.82, 2.24) is 15.2 Å². The highest BCUT2D eigenvalue weighted by molar-refractivity contribution is 5.87. The molecule has 0 unspecified atom stereocenters. The van der Waals surface area contributed by atoms with Crippen molar-refractivity contribution in [2.24, 2.45) is 0 Å². The first kappa shape index (κ1) is 15.5. The van der Waals surface area contributed by atoms with E-state index in [2.05, 4.69) is 15.2 Å². The van der Waals surface area contributed by atoms with Crippen LogP contribution >= 0.6 is 0 Å². The number of pyridine rings is 1. The third-order valence-electron chi connectivity index (χ3n) is 5.06. The lowest BCUT2D eigenvalue weighted by Gasteiger charge is -2.35. The second-order valence-electron chi connectivity index (χ2n) is 6.72. The number of fused-ring (bicyclic) bond motifs is 2. The Bertz CT molecular complexity index is 728. The molecule has 2 aromatic rings. The van der Waals surface area contributed by atoms with Gasteiger partial charge in [0.2, 0.25) is 5.91 Å². The Morgan fingerprint density at radius 2 is 2.25 bits per heavy atom. The maximum Gasteiger partial charge on any atom is 0.224 e. The predicted octanol–water partition coefficient (Wildman–Crippen LogP) is 1.76. The molecule has 1 aromatic carbocycles. The van der Waals surface area contributed by atoms with Crippen LogP contribution in [0.4, 0.5) is 0 Å². The summed E-state index contributed by atoms with van der Waals surface area (Å²) in [7, 11) is 0. The highest BCUT2D eigenvalue weighted by atomic mass is 16.5. The molecule has 2 saturated heterocycles. The summed E-state index contributed by atoms with van der Waals surface area (Å²) in [5, 5.41) is 4.10. The van der Waals surface area contributed by atoms with Gasteiger partial charge >= 0.3 is 0 Å². The Hall–Kier alpha value is -1.98. The van der Waals surface area contributed by atoms with Crippen molar-refractivity contribution < 1.29 is 9.53 Å². The van der Waals surface area contributed by atoms with E-state index >= 15 is 0 Å². The number of amides is 1. The topological polar surface area (TPSA) is 54.5 Å². The van der Waals surface area contributed by atoms with Crippen LogP contribution in [-0.2, 0) is 16.0 Å². The standard InChI is InChI=1S/C19H23N3O2/c23-18(10-15-5-1-4-14-6-2-8-20-19(14)15)21-11-17-12-22-9-3-7-16(22)13-24-17/h1-2,4-6,8,16-17H,3,7,9-13H2,(H,21,23)/t16-,17+/m0/s1. The molecule has 2 atom stereocenters. The van der Waals surface area contributed by atoms with Crippen LogP contribution < -0.4 is 5.32 Å². The van der Waals surface area contributed by atoms with Crippen LogP contribution in [0.5, 0.6) is 0 Å². The fourth-order valence-electron chi connectivity index (χ4n) is 3.78. The summed E-state index contributed by atoms with van der Waals surface area (Å²) >= 11 is 0. The number of hydrogen-bond acceptors (Lipinski definition) is 4. The maximum absolute atomic E-state index is 12.3. The fraction of sp³-hybridized carbons (Fsp3) is 0.474. The molecule has 126 valence electrons. The Morgan fingerprint density at radius 3 is 3.21 bits per heavy atom. The average molecular weight is 325 g/mol. The van der Waals surface area contributed by atoms with Crippen molar-refractivity contribution in [1.29, 1.82) is 0 Å². The van der Waals surface area contributed by atoms with Gasteiger partial charge in [-0.1, -0.05) is 24.3 Å². The molecular formula is C19H23N3O2. The average Bonchev–Trinajstić information content (AvgIpc) is 3.08. The summed E-state index contributed by atoms with van der Waals surface area (Å²) < 4.78 is 5.89. The number of aromatic nitrogens is 1. The number of nitrogens with one attached hydrogen (secondary N) is 1. The zero-order valence-corrected chi connectivity index (χ0v) is 13.8. The second kappa shape index (κ2) is 6.87. The molecule has 0 bridgehead atoms. The third kappa shape index (κ3) is 3.28. The van der Waals surface area contributed by atoms with Gasteiger partial charge in [0.05, 0.1) is 24.6 Å². The van der Waals surface area contributed by atoms with Gasteiger partial charge in [-0.3, -0.25) is 14.7 Å². The Labute approximate surface area is 142 Å². The van der Waals surface area contributed by atoms with E-state index in [9.17, 15) is 4.79 Å². The van der Waals surface area contributed by atoms with Crippen molar-refractivity contribution in [2.75, 3.05) is 26.2 Å². The number of ether oxygens (including phenoxy) is 1. The minimum atomic E-state index is 0.0281. The molecule has 2 aliphatic heterocycles. The fourth-order valence-corrected chi connectivity index (χ4v) is 3.78. The number of rotatable bonds is 4. The quantitative estimate of drug-likeness (QED) is 0.931. The molecule has 2 fully saturated rings. The van der Waals surface area contributed by atoms with E-state index in [0.29, 0.717) is 19.0 Å². The van der Waals surface area contributed by atoms with Crippen LogP contribution in [0.2, 0.25) is 0 Å². The van der Waals surface area contributed by atoms with Crippen molar-refractivity contribution in [3.63, 3.8) is 0 Å². The summed E-state index contributed by atoms with van der Waals surface area (Å²) in [6.07, 6.45) is 4.74. The first-order valence-electron chi connectivity index (χ1n) is 8.74. The molecule has 5 nitrogen and oxygen atoms in total. The van der Waals surface area contributed by atoms with Crippen molar-refractivity contribution >= 4 is 16.8 Å². The van der Waals surface area contributed by atoms with Crippen LogP contribution in [0.1, 0.15) is 18.4 Å². The van der Waals surface area contributed by atoms with Gasteiger partial charge in [0.1, 0.15) is 0 Å². The number of para-hydroxylation sites is 1. The number of nitrogens with zero attached hydrogens (tertiary/aromatic N) is 2. The number of benzene rings is 1. The molecule has 0 radical (unpaired) electrons. The van der Waals surface area contributed by atoms with Gasteiger partial charge in [-0.15, -0.1) is 0 Å². The predicted molar refractivity (Wildman–Crippen MR) is 92.8 cm³/mol. The lowest BCUT2D eigenvalue weighted by Crippen LogP contribution is -2.50. The molecule has 3 heterocycles. The lowest BCUT2D eigenvalue weighted by molar-refractivity contribution is -0.121. The van der Waals surface area contributed by atoms with Gasteiger partial charge in [-0.25, -0.2) is 0 Å². The number of morpholine rings is 1. The first-order valence-corrected chi connectivity index (χ1v) is 8.74. The molecule has 5 heteroatoms. The molecule has 1 N–H and O–H groups in total. The molecule has 4 rings (SSSR count). The third-order valence-corrected chi connectivity index (χ3v) is 5.06. The molecule has 1 amide bonds. The Morgan fingerprint density at radius 1 is 1.33 bits per heavy atom. The van der Waals surface area contributed by atoms with Gasteiger partial charge in [-0.2, -0.15) is 0 Å². The smallest absolute Gasteiger partial charge is 0.224 e. The number of carbonyl (C=O) groups is 1. The van der Waals surface area contributed by atoms with E-state index in [-0.39, 0.29) is 12.0 Å². The summed E-state index contributed by atoms with van der Waals surface area (Å²) in [6.45, 7) is 3.48. The van der Waals surface area contributed by atoms with Crippen LogP contribution in [0, 0.1) is 0 Å². The van der Waals surface area contributed by atoms with Crippen LogP contribution in [0.15, 0.2) is 36.5 Å². The van der Waals surface area contributed by atoms with E-state index in [0.717, 1.165) is 29.6 Å². The summed E-state index contributed by atoms with van der Waals surface area (Å²) in [5.41, 5.74) is 1.87.